The van der Waals surface area contributed by atoms with Crippen LogP contribution in [0.3, 0.4) is 0 Å². The number of methoxy groups -OCH3 is 1. The SMILES string of the molecule is CCOC(=O)C(CC)Oc1ccc(C=O)cc1OC. The van der Waals surface area contributed by atoms with E-state index in [0.29, 0.717) is 30.1 Å². The Balaban J connectivity index is 2.90. The number of hydrogen-bond acceptors (Lipinski definition) is 5. The Labute approximate surface area is 112 Å². The standard InChI is InChI=1S/C14H18O5/c1-4-11(14(16)18-5-2)19-12-7-6-10(9-15)8-13(12)17-3/h6-9,11H,4-5H2,1-3H3. The smallest absolute Gasteiger partial charge is 0.347 e. The van der Waals surface area contributed by atoms with E-state index in [2.05, 4.69) is 0 Å². The summed E-state index contributed by atoms with van der Waals surface area (Å²) in [7, 11) is 1.47. The second-order valence-electron chi connectivity index (χ2n) is 3.79. The molecule has 1 aromatic carbocycles. The summed E-state index contributed by atoms with van der Waals surface area (Å²) in [5, 5.41) is 0. The molecule has 5 nitrogen and oxygen atoms in total. The van der Waals surface area contributed by atoms with E-state index < -0.39 is 12.1 Å². The van der Waals surface area contributed by atoms with Gasteiger partial charge in [0.05, 0.1) is 13.7 Å². The predicted octanol–water partition coefficient (Wildman–Crippen LogP) is 2.23. The summed E-state index contributed by atoms with van der Waals surface area (Å²) in [4.78, 5) is 22.3. The van der Waals surface area contributed by atoms with Crippen LogP contribution in [-0.2, 0) is 9.53 Å². The van der Waals surface area contributed by atoms with Crippen molar-refractivity contribution in [3.05, 3.63) is 23.8 Å². The van der Waals surface area contributed by atoms with Crippen LogP contribution >= 0.6 is 0 Å². The molecule has 104 valence electrons. The average molecular weight is 266 g/mol. The number of carbonyl (C=O) groups is 2. The van der Waals surface area contributed by atoms with Crippen LogP contribution in [0.25, 0.3) is 0 Å². The van der Waals surface area contributed by atoms with E-state index in [-0.39, 0.29) is 0 Å². The Morgan fingerprint density at radius 3 is 2.58 bits per heavy atom. The van der Waals surface area contributed by atoms with Crippen LogP contribution in [0, 0.1) is 0 Å². The molecule has 0 fully saturated rings. The van der Waals surface area contributed by atoms with Crippen LogP contribution in [0.4, 0.5) is 0 Å². The zero-order valence-corrected chi connectivity index (χ0v) is 11.3. The van der Waals surface area contributed by atoms with Crippen molar-refractivity contribution in [3.8, 4) is 11.5 Å². The molecule has 0 aliphatic rings. The van der Waals surface area contributed by atoms with Gasteiger partial charge in [0, 0.05) is 5.56 Å². The third-order valence-electron chi connectivity index (χ3n) is 2.51. The summed E-state index contributed by atoms with van der Waals surface area (Å²) < 4.78 is 15.6. The van der Waals surface area contributed by atoms with Gasteiger partial charge < -0.3 is 14.2 Å². The molecule has 0 aliphatic carbocycles. The molecule has 0 aromatic heterocycles. The lowest BCUT2D eigenvalue weighted by Gasteiger charge is -2.17. The summed E-state index contributed by atoms with van der Waals surface area (Å²) in [6.45, 7) is 3.87. The van der Waals surface area contributed by atoms with Gasteiger partial charge in [-0.25, -0.2) is 4.79 Å². The van der Waals surface area contributed by atoms with Crippen molar-refractivity contribution < 1.29 is 23.8 Å². The topological polar surface area (TPSA) is 61.8 Å². The minimum atomic E-state index is -0.684. The predicted molar refractivity (Wildman–Crippen MR) is 69.7 cm³/mol. The van der Waals surface area contributed by atoms with Crippen LogP contribution in [0.2, 0.25) is 0 Å². The number of hydrogen-bond donors (Lipinski definition) is 0. The number of ether oxygens (including phenoxy) is 3. The Morgan fingerprint density at radius 1 is 1.32 bits per heavy atom. The van der Waals surface area contributed by atoms with Crippen molar-refractivity contribution in [2.24, 2.45) is 0 Å². The minimum Gasteiger partial charge on any atom is -0.493 e. The number of benzene rings is 1. The molecule has 19 heavy (non-hydrogen) atoms. The van der Waals surface area contributed by atoms with Gasteiger partial charge in [0.2, 0.25) is 0 Å². The lowest BCUT2D eigenvalue weighted by Crippen LogP contribution is -2.28. The zero-order valence-electron chi connectivity index (χ0n) is 11.3. The fourth-order valence-corrected chi connectivity index (χ4v) is 1.54. The zero-order chi connectivity index (χ0) is 14.3. The quantitative estimate of drug-likeness (QED) is 0.559. The van der Waals surface area contributed by atoms with Crippen molar-refractivity contribution in [1.29, 1.82) is 0 Å². The highest BCUT2D eigenvalue weighted by Gasteiger charge is 2.21. The molecular formula is C14H18O5. The van der Waals surface area contributed by atoms with Crippen molar-refractivity contribution in [2.45, 2.75) is 26.4 Å². The Hall–Kier alpha value is -2.04. The van der Waals surface area contributed by atoms with Gasteiger partial charge in [-0.1, -0.05) is 6.92 Å². The largest absolute Gasteiger partial charge is 0.493 e. The van der Waals surface area contributed by atoms with Gasteiger partial charge in [0.15, 0.2) is 17.6 Å². The minimum absolute atomic E-state index is 0.305. The van der Waals surface area contributed by atoms with Crippen LogP contribution in [0.5, 0.6) is 11.5 Å². The number of esters is 1. The summed E-state index contributed by atoms with van der Waals surface area (Å²) in [6.07, 6.45) is 0.516. The molecule has 1 unspecified atom stereocenters. The first-order valence-corrected chi connectivity index (χ1v) is 6.12. The lowest BCUT2D eigenvalue weighted by atomic mass is 10.2. The molecule has 0 aliphatic heterocycles. The summed E-state index contributed by atoms with van der Waals surface area (Å²) in [5.74, 6) is 0.409. The first-order chi connectivity index (χ1) is 9.15. The molecule has 1 aromatic rings. The molecule has 0 amide bonds. The molecule has 0 heterocycles. The van der Waals surface area contributed by atoms with E-state index in [1.165, 1.54) is 7.11 Å². The monoisotopic (exact) mass is 266 g/mol. The van der Waals surface area contributed by atoms with Crippen LogP contribution in [-0.4, -0.2) is 32.1 Å². The van der Waals surface area contributed by atoms with E-state index in [1.807, 2.05) is 6.92 Å². The normalized spacial score (nSPS) is 11.5. The fourth-order valence-electron chi connectivity index (χ4n) is 1.54. The summed E-state index contributed by atoms with van der Waals surface area (Å²) in [6, 6.07) is 4.76. The molecule has 0 saturated carbocycles. The maximum atomic E-state index is 11.7. The van der Waals surface area contributed by atoms with E-state index >= 15 is 0 Å². The van der Waals surface area contributed by atoms with Gasteiger partial charge in [-0.2, -0.15) is 0 Å². The second-order valence-corrected chi connectivity index (χ2v) is 3.79. The average Bonchev–Trinajstić information content (AvgIpc) is 2.44. The molecule has 1 atom stereocenters. The highest BCUT2D eigenvalue weighted by molar-refractivity contribution is 5.77. The first kappa shape index (κ1) is 15.0. The summed E-state index contributed by atoms with van der Waals surface area (Å²) in [5.41, 5.74) is 0.480. The Morgan fingerprint density at radius 2 is 2.05 bits per heavy atom. The van der Waals surface area contributed by atoms with E-state index in [9.17, 15) is 9.59 Å². The number of carbonyl (C=O) groups excluding carboxylic acids is 2. The van der Waals surface area contributed by atoms with Gasteiger partial charge in [-0.15, -0.1) is 0 Å². The maximum absolute atomic E-state index is 11.7. The molecule has 0 N–H and O–H groups in total. The third-order valence-corrected chi connectivity index (χ3v) is 2.51. The molecule has 0 saturated heterocycles. The molecular weight excluding hydrogens is 248 g/mol. The fraction of sp³-hybridized carbons (Fsp3) is 0.429. The molecule has 5 heteroatoms. The second kappa shape index (κ2) is 7.41. The first-order valence-electron chi connectivity index (χ1n) is 6.12. The van der Waals surface area contributed by atoms with Crippen LogP contribution in [0.15, 0.2) is 18.2 Å². The van der Waals surface area contributed by atoms with E-state index in [0.717, 1.165) is 6.29 Å². The van der Waals surface area contributed by atoms with Crippen molar-refractivity contribution in [2.75, 3.05) is 13.7 Å². The van der Waals surface area contributed by atoms with Gasteiger partial charge in [0.1, 0.15) is 6.29 Å². The number of rotatable bonds is 7. The maximum Gasteiger partial charge on any atom is 0.347 e. The van der Waals surface area contributed by atoms with E-state index in [4.69, 9.17) is 14.2 Å². The van der Waals surface area contributed by atoms with Crippen molar-refractivity contribution >= 4 is 12.3 Å². The molecule has 0 radical (unpaired) electrons. The van der Waals surface area contributed by atoms with Crippen molar-refractivity contribution in [1.82, 2.24) is 0 Å². The lowest BCUT2D eigenvalue weighted by molar-refractivity contribution is -0.151. The Bertz CT molecular complexity index is 441. The van der Waals surface area contributed by atoms with Gasteiger partial charge in [-0.3, -0.25) is 4.79 Å². The van der Waals surface area contributed by atoms with Crippen LogP contribution < -0.4 is 9.47 Å². The number of aldehydes is 1. The van der Waals surface area contributed by atoms with Crippen molar-refractivity contribution in [3.63, 3.8) is 0 Å². The van der Waals surface area contributed by atoms with Gasteiger partial charge >= 0.3 is 5.97 Å². The molecule has 0 bridgehead atoms. The van der Waals surface area contributed by atoms with Gasteiger partial charge in [0.25, 0.3) is 0 Å². The molecule has 0 spiro atoms. The Kier molecular flexibility index (Phi) is 5.85. The third kappa shape index (κ3) is 3.98. The van der Waals surface area contributed by atoms with Crippen LogP contribution in [0.1, 0.15) is 30.6 Å². The highest BCUT2D eigenvalue weighted by atomic mass is 16.6. The van der Waals surface area contributed by atoms with Gasteiger partial charge in [-0.05, 0) is 31.5 Å². The highest BCUT2D eigenvalue weighted by Crippen LogP contribution is 2.29. The molecule has 1 rings (SSSR count). The van der Waals surface area contributed by atoms with E-state index in [1.54, 1.807) is 25.1 Å². The summed E-state index contributed by atoms with van der Waals surface area (Å²) >= 11 is 0.